The van der Waals surface area contributed by atoms with Gasteiger partial charge in [-0.3, -0.25) is 9.80 Å². The lowest BCUT2D eigenvalue weighted by Gasteiger charge is -2.33. The van der Waals surface area contributed by atoms with Crippen LogP contribution in [-0.2, 0) is 0 Å². The molecule has 20 heavy (non-hydrogen) atoms. The van der Waals surface area contributed by atoms with Crippen LogP contribution in [0.15, 0.2) is 24.3 Å². The topological polar surface area (TPSA) is 73.2 Å². The van der Waals surface area contributed by atoms with Gasteiger partial charge in [0.25, 0.3) is 0 Å². The molecule has 0 bridgehead atoms. The Kier molecular flexibility index (Phi) is 5.34. The Labute approximate surface area is 118 Å². The molecule has 1 aromatic carbocycles. The van der Waals surface area contributed by atoms with E-state index in [1.807, 2.05) is 0 Å². The van der Waals surface area contributed by atoms with E-state index in [4.69, 9.17) is 14.9 Å². The summed E-state index contributed by atoms with van der Waals surface area (Å²) >= 11 is 0. The van der Waals surface area contributed by atoms with Crippen molar-refractivity contribution in [2.75, 3.05) is 46.1 Å². The molecule has 2 rings (SSSR count). The number of carboxylic acids is 1. The number of rotatable bonds is 6. The van der Waals surface area contributed by atoms with Gasteiger partial charge in [0.05, 0.1) is 12.2 Å². The molecule has 6 nitrogen and oxygen atoms in total. The molecule has 0 amide bonds. The lowest BCUT2D eigenvalue weighted by atomic mass is 10.2. The van der Waals surface area contributed by atoms with Crippen LogP contribution in [-0.4, -0.2) is 72.0 Å². The molecule has 1 aliphatic heterocycles. The Bertz CT molecular complexity index is 427. The zero-order valence-electron chi connectivity index (χ0n) is 11.4. The molecule has 1 saturated heterocycles. The van der Waals surface area contributed by atoms with Gasteiger partial charge in [-0.05, 0) is 24.3 Å². The molecule has 1 aromatic rings. The van der Waals surface area contributed by atoms with Crippen molar-refractivity contribution in [2.24, 2.45) is 0 Å². The number of ether oxygens (including phenoxy) is 1. The van der Waals surface area contributed by atoms with E-state index in [1.165, 1.54) is 12.1 Å². The molecule has 1 fully saturated rings. The van der Waals surface area contributed by atoms with Gasteiger partial charge in [-0.2, -0.15) is 0 Å². The summed E-state index contributed by atoms with van der Waals surface area (Å²) in [6.45, 7) is 5.11. The van der Waals surface area contributed by atoms with Gasteiger partial charge in [0.15, 0.2) is 0 Å². The van der Waals surface area contributed by atoms with Crippen LogP contribution >= 0.6 is 0 Å². The van der Waals surface area contributed by atoms with E-state index in [0.29, 0.717) is 12.5 Å². The maximum Gasteiger partial charge on any atom is 0.335 e. The third-order valence-corrected chi connectivity index (χ3v) is 3.40. The predicted octanol–water partition coefficient (Wildman–Crippen LogP) is 0.331. The molecule has 0 spiro atoms. The summed E-state index contributed by atoms with van der Waals surface area (Å²) in [5.74, 6) is -0.260. The number of carbonyl (C=O) groups is 1. The van der Waals surface area contributed by atoms with Gasteiger partial charge < -0.3 is 14.9 Å². The Morgan fingerprint density at radius 1 is 1.10 bits per heavy atom. The van der Waals surface area contributed by atoms with Gasteiger partial charge in [-0.1, -0.05) is 0 Å². The van der Waals surface area contributed by atoms with Gasteiger partial charge in [-0.15, -0.1) is 0 Å². The van der Waals surface area contributed by atoms with Crippen LogP contribution in [0.2, 0.25) is 0 Å². The number of aromatic carboxylic acids is 1. The first-order valence-electron chi connectivity index (χ1n) is 6.71. The van der Waals surface area contributed by atoms with E-state index in [1.54, 1.807) is 12.1 Å². The third kappa shape index (κ3) is 4.19. The molecule has 0 aromatic heterocycles. The molecular formula is C14H20N2O4. The average molecular weight is 280 g/mol. The maximum absolute atomic E-state index is 10.7. The molecule has 2 N–H and O–H groups in total. The first-order valence-corrected chi connectivity index (χ1v) is 6.71. The van der Waals surface area contributed by atoms with Crippen LogP contribution in [0.3, 0.4) is 0 Å². The molecule has 0 unspecified atom stereocenters. The van der Waals surface area contributed by atoms with Gasteiger partial charge in [0.1, 0.15) is 12.5 Å². The fourth-order valence-corrected chi connectivity index (χ4v) is 2.14. The number of nitrogens with zero attached hydrogens (tertiary/aromatic N) is 2. The normalized spacial score (nSPS) is 17.1. The molecule has 0 saturated carbocycles. The highest BCUT2D eigenvalue weighted by atomic mass is 16.5. The van der Waals surface area contributed by atoms with Crippen molar-refractivity contribution >= 4 is 5.97 Å². The number of β-amino-alcohol motifs (C(OH)–C–C–N with tert-alkyl or cyclic N) is 1. The maximum atomic E-state index is 10.7. The number of aliphatic hydroxyl groups excluding tert-OH is 1. The Hall–Kier alpha value is -1.63. The van der Waals surface area contributed by atoms with E-state index in [9.17, 15) is 4.79 Å². The molecule has 1 aliphatic rings. The Morgan fingerprint density at radius 3 is 2.25 bits per heavy atom. The quantitative estimate of drug-likeness (QED) is 0.782. The second kappa shape index (κ2) is 7.23. The van der Waals surface area contributed by atoms with E-state index in [0.717, 1.165) is 32.7 Å². The molecule has 0 atom stereocenters. The van der Waals surface area contributed by atoms with Gasteiger partial charge >= 0.3 is 5.97 Å². The lowest BCUT2D eigenvalue weighted by molar-refractivity contribution is 0.0593. The largest absolute Gasteiger partial charge is 0.478 e. The van der Waals surface area contributed by atoms with Crippen LogP contribution in [0.4, 0.5) is 0 Å². The van der Waals surface area contributed by atoms with E-state index < -0.39 is 5.97 Å². The fraction of sp³-hybridized carbons (Fsp3) is 0.500. The minimum atomic E-state index is -0.934. The van der Waals surface area contributed by atoms with Crippen LogP contribution in [0.5, 0.6) is 5.75 Å². The number of piperazine rings is 1. The van der Waals surface area contributed by atoms with Crippen molar-refractivity contribution in [3.8, 4) is 5.75 Å². The zero-order chi connectivity index (χ0) is 14.4. The number of hydrogen-bond donors (Lipinski definition) is 2. The summed E-state index contributed by atoms with van der Waals surface area (Å²) < 4.78 is 5.64. The van der Waals surface area contributed by atoms with E-state index >= 15 is 0 Å². The lowest BCUT2D eigenvalue weighted by Crippen LogP contribution is -2.48. The highest BCUT2D eigenvalue weighted by Crippen LogP contribution is 2.13. The zero-order valence-corrected chi connectivity index (χ0v) is 11.4. The number of benzene rings is 1. The number of aliphatic hydroxyl groups is 1. The van der Waals surface area contributed by atoms with E-state index in [-0.39, 0.29) is 12.2 Å². The van der Waals surface area contributed by atoms with Crippen LogP contribution in [0.1, 0.15) is 10.4 Å². The van der Waals surface area contributed by atoms with Gasteiger partial charge in [0, 0.05) is 32.7 Å². The second-order valence-electron chi connectivity index (χ2n) is 4.79. The minimum absolute atomic E-state index is 0.201. The smallest absolute Gasteiger partial charge is 0.335 e. The molecule has 0 aliphatic carbocycles. The van der Waals surface area contributed by atoms with Crippen molar-refractivity contribution in [3.63, 3.8) is 0 Å². The standard InChI is InChI=1S/C14H20N2O4/c17-10-9-15-5-7-16(8-6-15)11-20-13-3-1-12(2-4-13)14(18)19/h1-4,17H,5-11H2,(H,18,19). The SMILES string of the molecule is O=C(O)c1ccc(OCN2CCN(CCO)CC2)cc1. The molecule has 6 heteroatoms. The second-order valence-corrected chi connectivity index (χ2v) is 4.79. The van der Waals surface area contributed by atoms with Crippen LogP contribution in [0, 0.1) is 0 Å². The highest BCUT2D eigenvalue weighted by molar-refractivity contribution is 5.87. The first-order chi connectivity index (χ1) is 9.69. The summed E-state index contributed by atoms with van der Waals surface area (Å²) in [5.41, 5.74) is 0.259. The van der Waals surface area contributed by atoms with Crippen LogP contribution in [0.25, 0.3) is 0 Å². The number of hydrogen-bond acceptors (Lipinski definition) is 5. The summed E-state index contributed by atoms with van der Waals surface area (Å²) in [6, 6.07) is 6.42. The molecule has 1 heterocycles. The molecule has 110 valence electrons. The highest BCUT2D eigenvalue weighted by Gasteiger charge is 2.16. The molecular weight excluding hydrogens is 260 g/mol. The van der Waals surface area contributed by atoms with Gasteiger partial charge in [-0.25, -0.2) is 4.79 Å². The summed E-state index contributed by atoms with van der Waals surface area (Å²) in [5, 5.41) is 17.7. The summed E-state index contributed by atoms with van der Waals surface area (Å²) in [6.07, 6.45) is 0. The summed E-state index contributed by atoms with van der Waals surface area (Å²) in [7, 11) is 0. The predicted molar refractivity (Wildman–Crippen MR) is 74.0 cm³/mol. The van der Waals surface area contributed by atoms with Crippen molar-refractivity contribution in [3.05, 3.63) is 29.8 Å². The minimum Gasteiger partial charge on any atom is -0.478 e. The van der Waals surface area contributed by atoms with Gasteiger partial charge in [0.2, 0.25) is 0 Å². The third-order valence-electron chi connectivity index (χ3n) is 3.40. The summed E-state index contributed by atoms with van der Waals surface area (Å²) in [4.78, 5) is 15.1. The Morgan fingerprint density at radius 2 is 1.70 bits per heavy atom. The van der Waals surface area contributed by atoms with Crippen molar-refractivity contribution < 1.29 is 19.7 Å². The van der Waals surface area contributed by atoms with Crippen molar-refractivity contribution in [1.29, 1.82) is 0 Å². The van der Waals surface area contributed by atoms with E-state index in [2.05, 4.69) is 9.80 Å². The Balaban J connectivity index is 1.74. The molecule has 0 radical (unpaired) electrons. The fourth-order valence-electron chi connectivity index (χ4n) is 2.14. The first kappa shape index (κ1) is 14.8. The van der Waals surface area contributed by atoms with Crippen LogP contribution < -0.4 is 4.74 Å². The number of carboxylic acid groups (broad SMARTS) is 1. The average Bonchev–Trinajstić information content (AvgIpc) is 2.47. The monoisotopic (exact) mass is 280 g/mol. The van der Waals surface area contributed by atoms with Crippen molar-refractivity contribution in [1.82, 2.24) is 9.80 Å². The van der Waals surface area contributed by atoms with Crippen molar-refractivity contribution in [2.45, 2.75) is 0 Å².